The number of carbonyl (C=O) groups is 1. The predicted octanol–water partition coefficient (Wildman–Crippen LogP) is 5.28. The number of halogens is 1. The van der Waals surface area contributed by atoms with Crippen LogP contribution in [0.4, 0.5) is 5.69 Å². The quantitative estimate of drug-likeness (QED) is 0.316. The monoisotopic (exact) mass is 501 g/mol. The highest BCUT2D eigenvalue weighted by Crippen LogP contribution is 2.34. The Hall–Kier alpha value is -4.17. The van der Waals surface area contributed by atoms with Crippen molar-refractivity contribution >= 4 is 45.1 Å². The minimum atomic E-state index is -0.701. The van der Waals surface area contributed by atoms with Crippen molar-refractivity contribution in [2.75, 3.05) is 5.32 Å². The average molecular weight is 502 g/mol. The Morgan fingerprint density at radius 2 is 1.89 bits per heavy atom. The fourth-order valence-corrected chi connectivity index (χ4v) is 4.69. The number of hydrogen-bond acceptors (Lipinski definition) is 6. The third-order valence-electron chi connectivity index (χ3n) is 6.30. The molecule has 8 nitrogen and oxygen atoms in total. The molecule has 5 rings (SSSR count). The zero-order chi connectivity index (χ0) is 25.7. The van der Waals surface area contributed by atoms with Crippen LogP contribution in [0.5, 0.6) is 0 Å². The van der Waals surface area contributed by atoms with E-state index in [1.54, 1.807) is 23.7 Å². The summed E-state index contributed by atoms with van der Waals surface area (Å²) in [4.78, 5) is 29.5. The second-order valence-electron chi connectivity index (χ2n) is 8.87. The van der Waals surface area contributed by atoms with Gasteiger partial charge in [0.15, 0.2) is 16.9 Å². The van der Waals surface area contributed by atoms with Crippen LogP contribution in [0.25, 0.3) is 33.3 Å². The number of amides is 1. The highest BCUT2D eigenvalue weighted by atomic mass is 35.5. The van der Waals surface area contributed by atoms with Crippen molar-refractivity contribution in [2.24, 2.45) is 12.8 Å². The molecule has 3 N–H and O–H groups in total. The molecule has 3 aromatic heterocycles. The Kier molecular flexibility index (Phi) is 5.76. The van der Waals surface area contributed by atoms with Gasteiger partial charge in [0, 0.05) is 23.6 Å². The Labute approximate surface area is 211 Å². The maximum Gasteiger partial charge on any atom is 0.269 e. The fourth-order valence-electron chi connectivity index (χ4n) is 4.55. The van der Waals surface area contributed by atoms with Crippen LogP contribution in [-0.4, -0.2) is 20.7 Å². The van der Waals surface area contributed by atoms with Gasteiger partial charge in [0.05, 0.1) is 22.6 Å². The molecule has 9 heteroatoms. The number of hydrogen-bond donors (Lipinski definition) is 2. The second kappa shape index (κ2) is 8.80. The summed E-state index contributed by atoms with van der Waals surface area (Å²) in [5, 5.41) is 9.47. The molecular formula is C27H24ClN5O3. The summed E-state index contributed by atoms with van der Waals surface area (Å²) < 4.78 is 8.25. The lowest BCUT2D eigenvalue weighted by Crippen LogP contribution is -2.18. The summed E-state index contributed by atoms with van der Waals surface area (Å²) >= 11 is 5.96. The molecular weight excluding hydrogens is 478 g/mol. The van der Waals surface area contributed by atoms with Crippen LogP contribution < -0.4 is 16.5 Å². The van der Waals surface area contributed by atoms with Gasteiger partial charge in [0.1, 0.15) is 16.4 Å². The topological polar surface area (TPSA) is 116 Å². The van der Waals surface area contributed by atoms with Crippen molar-refractivity contribution in [3.05, 3.63) is 86.3 Å². The fraction of sp³-hybridized carbons (Fsp3) is 0.185. The Morgan fingerprint density at radius 1 is 1.14 bits per heavy atom. The number of aryl methyl sites for hydroxylation is 2. The molecule has 0 aliphatic rings. The molecule has 1 atom stereocenters. The number of nitrogens with one attached hydrogen (secondary N) is 1. The first-order valence-electron chi connectivity index (χ1n) is 11.4. The predicted molar refractivity (Wildman–Crippen MR) is 141 cm³/mol. The van der Waals surface area contributed by atoms with Crippen molar-refractivity contribution in [2.45, 2.75) is 26.8 Å². The highest BCUT2D eigenvalue weighted by Gasteiger charge is 2.23. The summed E-state index contributed by atoms with van der Waals surface area (Å²) in [6, 6.07) is 14.4. The number of carbonyl (C=O) groups excluding carboxylic acids is 1. The van der Waals surface area contributed by atoms with Crippen molar-refractivity contribution in [1.82, 2.24) is 14.8 Å². The van der Waals surface area contributed by atoms with E-state index in [-0.39, 0.29) is 22.3 Å². The van der Waals surface area contributed by atoms with E-state index in [2.05, 4.69) is 15.4 Å². The smallest absolute Gasteiger partial charge is 0.269 e. The maximum atomic E-state index is 13.5. The molecule has 3 heterocycles. The van der Waals surface area contributed by atoms with Gasteiger partial charge in [-0.2, -0.15) is 5.10 Å². The first-order chi connectivity index (χ1) is 17.2. The van der Waals surface area contributed by atoms with Gasteiger partial charge in [-0.3, -0.25) is 14.3 Å². The molecule has 0 saturated carbocycles. The SMILES string of the molecule is Cc1cc([C@@H](C)Nc2ccc(Cl)nc2C(N)=O)c2oc(-c3nn(C)c4ccccc34)c(C)c(=O)c2c1. The van der Waals surface area contributed by atoms with Gasteiger partial charge < -0.3 is 15.5 Å². The van der Waals surface area contributed by atoms with Gasteiger partial charge in [0.25, 0.3) is 5.91 Å². The van der Waals surface area contributed by atoms with E-state index in [0.29, 0.717) is 33.7 Å². The van der Waals surface area contributed by atoms with E-state index in [0.717, 1.165) is 22.0 Å². The van der Waals surface area contributed by atoms with E-state index in [1.165, 1.54) is 0 Å². The molecule has 182 valence electrons. The first-order valence-corrected chi connectivity index (χ1v) is 11.8. The minimum absolute atomic E-state index is 0.0317. The number of pyridine rings is 1. The van der Waals surface area contributed by atoms with Crippen LogP contribution in [0, 0.1) is 13.8 Å². The Bertz CT molecular complexity index is 1740. The summed E-state index contributed by atoms with van der Waals surface area (Å²) in [7, 11) is 1.86. The second-order valence-corrected chi connectivity index (χ2v) is 9.25. The van der Waals surface area contributed by atoms with Crippen LogP contribution in [0.1, 0.15) is 40.1 Å². The molecule has 0 aliphatic carbocycles. The molecule has 2 aromatic carbocycles. The highest BCUT2D eigenvalue weighted by molar-refractivity contribution is 6.29. The average Bonchev–Trinajstić information content (AvgIpc) is 3.18. The minimum Gasteiger partial charge on any atom is -0.453 e. The molecule has 1 amide bonds. The summed E-state index contributed by atoms with van der Waals surface area (Å²) in [5.41, 5.74) is 9.97. The molecule has 0 aliphatic heterocycles. The van der Waals surface area contributed by atoms with E-state index in [1.807, 2.05) is 57.3 Å². The number of nitrogens with two attached hydrogens (primary N) is 1. The number of fused-ring (bicyclic) bond motifs is 2. The van der Waals surface area contributed by atoms with E-state index in [4.69, 9.17) is 21.8 Å². The van der Waals surface area contributed by atoms with Gasteiger partial charge in [-0.1, -0.05) is 35.9 Å². The number of anilines is 1. The molecule has 5 aromatic rings. The van der Waals surface area contributed by atoms with E-state index in [9.17, 15) is 9.59 Å². The summed E-state index contributed by atoms with van der Waals surface area (Å²) in [5.74, 6) is -0.277. The molecule has 36 heavy (non-hydrogen) atoms. The Balaban J connectivity index is 1.71. The lowest BCUT2D eigenvalue weighted by Gasteiger charge is -2.19. The van der Waals surface area contributed by atoms with Crippen molar-refractivity contribution in [3.8, 4) is 11.5 Å². The molecule has 0 radical (unpaired) electrons. The number of rotatable bonds is 5. The maximum absolute atomic E-state index is 13.5. The van der Waals surface area contributed by atoms with Gasteiger partial charge >= 0.3 is 0 Å². The molecule has 0 saturated heterocycles. The number of para-hydroxylation sites is 1. The summed E-state index contributed by atoms with van der Waals surface area (Å²) in [6.45, 7) is 5.58. The Morgan fingerprint density at radius 3 is 2.64 bits per heavy atom. The van der Waals surface area contributed by atoms with Gasteiger partial charge in [-0.05, 0) is 50.6 Å². The van der Waals surface area contributed by atoms with Gasteiger partial charge in [-0.15, -0.1) is 0 Å². The standard InChI is InChI=1S/C27H24ClN5O3/c1-13-11-17(15(3)30-19-9-10-21(28)31-23(19)27(29)35)26-18(12-13)24(34)14(2)25(36-26)22-16-7-5-6-8-20(16)33(4)32-22/h5-12,15,30H,1-4H3,(H2,29,35)/t15-/m1/s1. The molecule has 0 unspecified atom stereocenters. The third-order valence-corrected chi connectivity index (χ3v) is 6.51. The van der Waals surface area contributed by atoms with E-state index >= 15 is 0 Å². The normalized spacial score (nSPS) is 12.2. The summed E-state index contributed by atoms with van der Waals surface area (Å²) in [6.07, 6.45) is 0. The number of aromatic nitrogens is 3. The first kappa shape index (κ1) is 23.6. The lowest BCUT2D eigenvalue weighted by atomic mass is 9.99. The third kappa shape index (κ3) is 3.89. The van der Waals surface area contributed by atoms with Gasteiger partial charge in [-0.25, -0.2) is 4.98 Å². The lowest BCUT2D eigenvalue weighted by molar-refractivity contribution is 0.0996. The number of nitrogens with zero attached hydrogens (tertiary/aromatic N) is 3. The van der Waals surface area contributed by atoms with Crippen molar-refractivity contribution in [3.63, 3.8) is 0 Å². The molecule has 0 bridgehead atoms. The van der Waals surface area contributed by atoms with Gasteiger partial charge in [0.2, 0.25) is 0 Å². The largest absolute Gasteiger partial charge is 0.453 e. The zero-order valence-corrected chi connectivity index (χ0v) is 21.0. The molecule has 0 fully saturated rings. The zero-order valence-electron chi connectivity index (χ0n) is 20.2. The number of primary amides is 1. The van der Waals surface area contributed by atoms with Crippen molar-refractivity contribution < 1.29 is 9.21 Å². The van der Waals surface area contributed by atoms with Crippen LogP contribution in [-0.2, 0) is 7.05 Å². The van der Waals surface area contributed by atoms with Crippen LogP contribution in [0.2, 0.25) is 5.15 Å². The van der Waals surface area contributed by atoms with E-state index < -0.39 is 5.91 Å². The molecule has 0 spiro atoms. The number of benzene rings is 2. The van der Waals surface area contributed by atoms with Crippen molar-refractivity contribution in [1.29, 1.82) is 0 Å². The van der Waals surface area contributed by atoms with Crippen LogP contribution in [0.15, 0.2) is 57.7 Å². The van der Waals surface area contributed by atoms with Crippen LogP contribution >= 0.6 is 11.6 Å². The van der Waals surface area contributed by atoms with Crippen LogP contribution in [0.3, 0.4) is 0 Å².